The summed E-state index contributed by atoms with van der Waals surface area (Å²) in [5, 5.41) is 3.49. The molecule has 0 saturated carbocycles. The van der Waals surface area contributed by atoms with E-state index in [0.29, 0.717) is 6.04 Å². The molecule has 0 aromatic heterocycles. The first kappa shape index (κ1) is 12.7. The van der Waals surface area contributed by atoms with Crippen molar-refractivity contribution in [1.82, 2.24) is 5.32 Å². The zero-order chi connectivity index (χ0) is 11.1. The van der Waals surface area contributed by atoms with Crippen molar-refractivity contribution in [3.8, 4) is 0 Å². The molecule has 2 nitrogen and oxygen atoms in total. The number of hydrogen-bond acceptors (Lipinski definition) is 2. The quantitative estimate of drug-likeness (QED) is 0.781. The molecule has 0 aliphatic heterocycles. The van der Waals surface area contributed by atoms with Gasteiger partial charge in [-0.25, -0.2) is 0 Å². The first-order valence-electron chi connectivity index (χ1n) is 5.43. The summed E-state index contributed by atoms with van der Waals surface area (Å²) >= 11 is 3.56. The SMILES string of the molecule is CC(NCCCCN)c1ccccc1Br. The molecule has 1 atom stereocenters. The summed E-state index contributed by atoms with van der Waals surface area (Å²) in [5.74, 6) is 0. The predicted molar refractivity (Wildman–Crippen MR) is 68.8 cm³/mol. The van der Waals surface area contributed by atoms with Crippen molar-refractivity contribution in [2.45, 2.75) is 25.8 Å². The van der Waals surface area contributed by atoms with Crippen molar-refractivity contribution in [2.24, 2.45) is 5.73 Å². The fourth-order valence-electron chi connectivity index (χ4n) is 1.52. The van der Waals surface area contributed by atoms with Gasteiger partial charge in [-0.1, -0.05) is 34.1 Å². The van der Waals surface area contributed by atoms with Gasteiger partial charge in [-0.05, 0) is 44.5 Å². The summed E-state index contributed by atoms with van der Waals surface area (Å²) in [6.07, 6.45) is 2.24. The lowest BCUT2D eigenvalue weighted by Gasteiger charge is -2.15. The Morgan fingerprint density at radius 2 is 2.07 bits per heavy atom. The molecule has 1 aromatic carbocycles. The summed E-state index contributed by atoms with van der Waals surface area (Å²) in [7, 11) is 0. The number of hydrogen-bond donors (Lipinski definition) is 2. The highest BCUT2D eigenvalue weighted by Crippen LogP contribution is 2.22. The van der Waals surface area contributed by atoms with Crippen LogP contribution < -0.4 is 11.1 Å². The highest BCUT2D eigenvalue weighted by atomic mass is 79.9. The van der Waals surface area contributed by atoms with Gasteiger partial charge in [0.15, 0.2) is 0 Å². The molecule has 15 heavy (non-hydrogen) atoms. The second-order valence-electron chi connectivity index (χ2n) is 3.69. The molecule has 0 spiro atoms. The Morgan fingerprint density at radius 3 is 2.73 bits per heavy atom. The van der Waals surface area contributed by atoms with E-state index in [2.05, 4.69) is 46.4 Å². The molecule has 0 amide bonds. The van der Waals surface area contributed by atoms with Gasteiger partial charge in [-0.15, -0.1) is 0 Å². The van der Waals surface area contributed by atoms with Crippen molar-refractivity contribution in [3.05, 3.63) is 34.3 Å². The molecular formula is C12H19BrN2. The summed E-state index contributed by atoms with van der Waals surface area (Å²) in [6, 6.07) is 8.71. The average molecular weight is 271 g/mol. The molecule has 3 N–H and O–H groups in total. The number of unbranched alkanes of at least 4 members (excludes halogenated alkanes) is 1. The van der Waals surface area contributed by atoms with Crippen molar-refractivity contribution in [2.75, 3.05) is 13.1 Å². The van der Waals surface area contributed by atoms with Crippen LogP contribution in [0.25, 0.3) is 0 Å². The lowest BCUT2D eigenvalue weighted by molar-refractivity contribution is 0.547. The van der Waals surface area contributed by atoms with Crippen LogP contribution in [0.1, 0.15) is 31.4 Å². The molecule has 1 unspecified atom stereocenters. The number of rotatable bonds is 6. The van der Waals surface area contributed by atoms with Crippen molar-refractivity contribution in [1.29, 1.82) is 0 Å². The van der Waals surface area contributed by atoms with Gasteiger partial charge in [-0.3, -0.25) is 0 Å². The minimum Gasteiger partial charge on any atom is -0.330 e. The van der Waals surface area contributed by atoms with Gasteiger partial charge in [0.2, 0.25) is 0 Å². The van der Waals surface area contributed by atoms with Crippen LogP contribution in [-0.4, -0.2) is 13.1 Å². The van der Waals surface area contributed by atoms with Gasteiger partial charge < -0.3 is 11.1 Å². The van der Waals surface area contributed by atoms with Crippen LogP contribution in [0.15, 0.2) is 28.7 Å². The van der Waals surface area contributed by atoms with Crippen molar-refractivity contribution >= 4 is 15.9 Å². The third kappa shape index (κ3) is 4.33. The summed E-state index contributed by atoms with van der Waals surface area (Å²) < 4.78 is 1.17. The van der Waals surface area contributed by atoms with Gasteiger partial charge in [0, 0.05) is 10.5 Å². The van der Waals surface area contributed by atoms with E-state index in [-0.39, 0.29) is 0 Å². The average Bonchev–Trinajstić information content (AvgIpc) is 2.25. The molecule has 0 saturated heterocycles. The monoisotopic (exact) mass is 270 g/mol. The number of nitrogens with one attached hydrogen (secondary N) is 1. The summed E-state index contributed by atoms with van der Waals surface area (Å²) in [6.45, 7) is 3.99. The Labute approximate surface area is 100 Å². The second-order valence-corrected chi connectivity index (χ2v) is 4.55. The first-order chi connectivity index (χ1) is 7.25. The molecule has 1 rings (SSSR count). The van der Waals surface area contributed by atoms with Crippen LogP contribution in [0.3, 0.4) is 0 Å². The lowest BCUT2D eigenvalue weighted by atomic mass is 10.1. The summed E-state index contributed by atoms with van der Waals surface area (Å²) in [5.41, 5.74) is 6.76. The van der Waals surface area contributed by atoms with E-state index in [1.165, 1.54) is 10.0 Å². The van der Waals surface area contributed by atoms with Crippen LogP contribution in [0.4, 0.5) is 0 Å². The number of halogens is 1. The molecule has 1 aromatic rings. The third-order valence-corrected chi connectivity index (χ3v) is 3.18. The maximum Gasteiger partial charge on any atom is 0.0302 e. The molecule has 0 heterocycles. The lowest BCUT2D eigenvalue weighted by Crippen LogP contribution is -2.20. The van der Waals surface area contributed by atoms with Gasteiger partial charge >= 0.3 is 0 Å². The normalized spacial score (nSPS) is 12.7. The van der Waals surface area contributed by atoms with E-state index in [4.69, 9.17) is 5.73 Å². The van der Waals surface area contributed by atoms with Crippen LogP contribution in [0.2, 0.25) is 0 Å². The molecule has 0 bridgehead atoms. The van der Waals surface area contributed by atoms with E-state index >= 15 is 0 Å². The smallest absolute Gasteiger partial charge is 0.0302 e. The Bertz CT molecular complexity index is 289. The standard InChI is InChI=1S/C12H19BrN2/c1-10(15-9-5-4-8-14)11-6-2-3-7-12(11)13/h2-3,6-7,10,15H,4-5,8-9,14H2,1H3. The second kappa shape index (κ2) is 6.99. The summed E-state index contributed by atoms with van der Waals surface area (Å²) in [4.78, 5) is 0. The van der Waals surface area contributed by atoms with E-state index in [1.807, 2.05) is 6.07 Å². The zero-order valence-electron chi connectivity index (χ0n) is 9.17. The zero-order valence-corrected chi connectivity index (χ0v) is 10.8. The fraction of sp³-hybridized carbons (Fsp3) is 0.500. The van der Waals surface area contributed by atoms with Gasteiger partial charge in [0.1, 0.15) is 0 Å². The van der Waals surface area contributed by atoms with Crippen molar-refractivity contribution in [3.63, 3.8) is 0 Å². The predicted octanol–water partition coefficient (Wildman–Crippen LogP) is 2.84. The van der Waals surface area contributed by atoms with Crippen molar-refractivity contribution < 1.29 is 0 Å². The van der Waals surface area contributed by atoms with Crippen LogP contribution in [-0.2, 0) is 0 Å². The Hall–Kier alpha value is -0.380. The maximum absolute atomic E-state index is 5.45. The molecule has 0 fully saturated rings. The minimum atomic E-state index is 0.387. The largest absolute Gasteiger partial charge is 0.330 e. The molecular weight excluding hydrogens is 252 g/mol. The Kier molecular flexibility index (Phi) is 5.91. The van der Waals surface area contributed by atoms with Crippen LogP contribution in [0.5, 0.6) is 0 Å². The van der Waals surface area contributed by atoms with Crippen LogP contribution >= 0.6 is 15.9 Å². The Balaban J connectivity index is 2.40. The Morgan fingerprint density at radius 1 is 1.33 bits per heavy atom. The number of benzene rings is 1. The molecule has 0 radical (unpaired) electrons. The molecule has 0 aliphatic rings. The highest BCUT2D eigenvalue weighted by molar-refractivity contribution is 9.10. The molecule has 0 aliphatic carbocycles. The first-order valence-corrected chi connectivity index (χ1v) is 6.23. The van der Waals surface area contributed by atoms with E-state index in [1.54, 1.807) is 0 Å². The van der Waals surface area contributed by atoms with E-state index in [0.717, 1.165) is 25.9 Å². The van der Waals surface area contributed by atoms with Crippen LogP contribution in [0, 0.1) is 0 Å². The van der Waals surface area contributed by atoms with Gasteiger partial charge in [-0.2, -0.15) is 0 Å². The highest BCUT2D eigenvalue weighted by Gasteiger charge is 2.06. The van der Waals surface area contributed by atoms with E-state index < -0.39 is 0 Å². The molecule has 3 heteroatoms. The molecule has 84 valence electrons. The third-order valence-electron chi connectivity index (χ3n) is 2.45. The van der Waals surface area contributed by atoms with Gasteiger partial charge in [0.25, 0.3) is 0 Å². The fourth-order valence-corrected chi connectivity index (χ4v) is 2.15. The minimum absolute atomic E-state index is 0.387. The number of nitrogens with two attached hydrogens (primary N) is 1. The maximum atomic E-state index is 5.45. The van der Waals surface area contributed by atoms with E-state index in [9.17, 15) is 0 Å². The topological polar surface area (TPSA) is 38.0 Å². The van der Waals surface area contributed by atoms with Gasteiger partial charge in [0.05, 0.1) is 0 Å².